The molecule has 0 aliphatic carbocycles. The van der Waals surface area contributed by atoms with Gasteiger partial charge in [0.05, 0.1) is 6.61 Å². The topological polar surface area (TPSA) is 72.1 Å². The SMILES string of the molecule is CSCCOc1cccc(Nc2nccc(Oc3ccc4[nH]c(C)cc4c3)n2)c1. The summed E-state index contributed by atoms with van der Waals surface area (Å²) < 4.78 is 11.7. The maximum atomic E-state index is 5.93. The van der Waals surface area contributed by atoms with E-state index in [2.05, 4.69) is 32.6 Å². The quantitative estimate of drug-likeness (QED) is 0.374. The number of aryl methyl sites for hydroxylation is 1. The molecule has 0 bridgehead atoms. The van der Waals surface area contributed by atoms with Crippen molar-refractivity contribution in [3.63, 3.8) is 0 Å². The van der Waals surface area contributed by atoms with Crippen LogP contribution in [0.25, 0.3) is 10.9 Å². The second kappa shape index (κ2) is 8.87. The van der Waals surface area contributed by atoms with E-state index in [1.165, 1.54) is 0 Å². The van der Waals surface area contributed by atoms with E-state index in [1.807, 2.05) is 49.4 Å². The smallest absolute Gasteiger partial charge is 0.230 e. The first kappa shape index (κ1) is 19.1. The van der Waals surface area contributed by atoms with Gasteiger partial charge in [0.25, 0.3) is 0 Å². The molecule has 0 radical (unpaired) electrons. The highest BCUT2D eigenvalue weighted by molar-refractivity contribution is 7.98. The standard InChI is InChI=1S/C22H22N4O2S/c1-15-12-16-13-19(6-7-20(16)24-15)28-21-8-9-23-22(26-21)25-17-4-3-5-18(14-17)27-10-11-29-2/h3-9,12-14,24H,10-11H2,1-2H3,(H,23,25,26). The van der Waals surface area contributed by atoms with Gasteiger partial charge < -0.3 is 19.8 Å². The lowest BCUT2D eigenvalue weighted by Gasteiger charge is -2.10. The van der Waals surface area contributed by atoms with Gasteiger partial charge in [0, 0.05) is 46.4 Å². The van der Waals surface area contributed by atoms with Crippen molar-refractivity contribution in [1.82, 2.24) is 15.0 Å². The summed E-state index contributed by atoms with van der Waals surface area (Å²) in [5.74, 6) is 3.43. The van der Waals surface area contributed by atoms with E-state index >= 15 is 0 Å². The number of hydrogen-bond donors (Lipinski definition) is 2. The van der Waals surface area contributed by atoms with E-state index in [9.17, 15) is 0 Å². The Labute approximate surface area is 173 Å². The van der Waals surface area contributed by atoms with Crippen LogP contribution in [0.3, 0.4) is 0 Å². The Kier molecular flexibility index (Phi) is 5.86. The summed E-state index contributed by atoms with van der Waals surface area (Å²) in [7, 11) is 0. The third-order valence-electron chi connectivity index (χ3n) is 4.23. The average molecular weight is 407 g/mol. The van der Waals surface area contributed by atoms with Gasteiger partial charge in [0.15, 0.2) is 0 Å². The van der Waals surface area contributed by atoms with Crippen LogP contribution in [0.1, 0.15) is 5.69 Å². The first-order valence-electron chi connectivity index (χ1n) is 9.29. The molecule has 0 fully saturated rings. The predicted molar refractivity (Wildman–Crippen MR) is 119 cm³/mol. The number of rotatable bonds is 8. The molecule has 7 heteroatoms. The molecule has 0 amide bonds. The molecule has 0 unspecified atom stereocenters. The molecule has 2 aromatic heterocycles. The van der Waals surface area contributed by atoms with Crippen LogP contribution in [-0.2, 0) is 0 Å². The summed E-state index contributed by atoms with van der Waals surface area (Å²) in [4.78, 5) is 12.0. The second-order valence-corrected chi connectivity index (χ2v) is 7.50. The number of aromatic amines is 1. The third kappa shape index (κ3) is 5.00. The summed E-state index contributed by atoms with van der Waals surface area (Å²) >= 11 is 1.76. The third-order valence-corrected chi connectivity index (χ3v) is 4.80. The second-order valence-electron chi connectivity index (χ2n) is 6.52. The maximum absolute atomic E-state index is 5.93. The Balaban J connectivity index is 1.46. The summed E-state index contributed by atoms with van der Waals surface area (Å²) in [6.07, 6.45) is 3.73. The minimum Gasteiger partial charge on any atom is -0.493 e. The van der Waals surface area contributed by atoms with Crippen LogP contribution in [0.15, 0.2) is 60.8 Å². The van der Waals surface area contributed by atoms with Crippen LogP contribution in [0.4, 0.5) is 11.6 Å². The van der Waals surface area contributed by atoms with Crippen LogP contribution >= 0.6 is 11.8 Å². The highest BCUT2D eigenvalue weighted by Gasteiger charge is 2.06. The van der Waals surface area contributed by atoms with Gasteiger partial charge in [0.2, 0.25) is 11.8 Å². The number of anilines is 2. The van der Waals surface area contributed by atoms with Crippen molar-refractivity contribution in [2.75, 3.05) is 23.9 Å². The van der Waals surface area contributed by atoms with Gasteiger partial charge >= 0.3 is 0 Å². The summed E-state index contributed by atoms with van der Waals surface area (Å²) in [5.41, 5.74) is 3.05. The normalized spacial score (nSPS) is 10.8. The van der Waals surface area contributed by atoms with Crippen LogP contribution in [-0.4, -0.2) is 33.6 Å². The number of nitrogens with zero attached hydrogens (tertiary/aromatic N) is 2. The van der Waals surface area contributed by atoms with E-state index in [0.717, 1.165) is 39.5 Å². The number of H-pyrrole nitrogens is 1. The molecule has 6 nitrogen and oxygen atoms in total. The fourth-order valence-electron chi connectivity index (χ4n) is 2.93. The van der Waals surface area contributed by atoms with Crippen molar-refractivity contribution in [1.29, 1.82) is 0 Å². The molecule has 0 atom stereocenters. The number of fused-ring (bicyclic) bond motifs is 1. The number of ether oxygens (including phenoxy) is 2. The van der Waals surface area contributed by atoms with E-state index in [1.54, 1.807) is 24.0 Å². The number of nitrogens with one attached hydrogen (secondary N) is 2. The van der Waals surface area contributed by atoms with Crippen molar-refractivity contribution in [2.24, 2.45) is 0 Å². The Morgan fingerprint density at radius 3 is 2.90 bits per heavy atom. The van der Waals surface area contributed by atoms with Crippen LogP contribution in [0.2, 0.25) is 0 Å². The minimum atomic E-state index is 0.460. The number of benzene rings is 2. The minimum absolute atomic E-state index is 0.460. The summed E-state index contributed by atoms with van der Waals surface area (Å²) in [6.45, 7) is 2.71. The van der Waals surface area contributed by atoms with Gasteiger partial charge in [-0.15, -0.1) is 0 Å². The fourth-order valence-corrected chi connectivity index (χ4v) is 3.18. The number of thioether (sulfide) groups is 1. The van der Waals surface area contributed by atoms with Gasteiger partial charge in [0.1, 0.15) is 11.5 Å². The van der Waals surface area contributed by atoms with Crippen molar-refractivity contribution >= 4 is 34.3 Å². The van der Waals surface area contributed by atoms with Crippen molar-refractivity contribution in [3.05, 3.63) is 66.5 Å². The van der Waals surface area contributed by atoms with E-state index in [-0.39, 0.29) is 0 Å². The van der Waals surface area contributed by atoms with Gasteiger partial charge in [-0.05, 0) is 49.6 Å². The van der Waals surface area contributed by atoms with E-state index < -0.39 is 0 Å². The maximum Gasteiger partial charge on any atom is 0.230 e. The van der Waals surface area contributed by atoms with Crippen LogP contribution < -0.4 is 14.8 Å². The lowest BCUT2D eigenvalue weighted by Crippen LogP contribution is -2.01. The summed E-state index contributed by atoms with van der Waals surface area (Å²) in [6, 6.07) is 17.5. The average Bonchev–Trinajstić information content (AvgIpc) is 3.08. The molecule has 0 spiro atoms. The zero-order valence-corrected chi connectivity index (χ0v) is 17.1. The molecule has 4 rings (SSSR count). The zero-order chi connectivity index (χ0) is 20.1. The van der Waals surface area contributed by atoms with Gasteiger partial charge in [-0.25, -0.2) is 4.98 Å². The Bertz CT molecular complexity index is 1110. The first-order chi connectivity index (χ1) is 14.2. The van der Waals surface area contributed by atoms with Crippen molar-refractivity contribution in [3.8, 4) is 17.4 Å². The Hall–Kier alpha value is -3.19. The predicted octanol–water partition coefficient (Wildman–Crippen LogP) is 5.54. The molecule has 29 heavy (non-hydrogen) atoms. The lowest BCUT2D eigenvalue weighted by atomic mass is 10.2. The van der Waals surface area contributed by atoms with Gasteiger partial charge in [-0.2, -0.15) is 16.7 Å². The zero-order valence-electron chi connectivity index (χ0n) is 16.3. The van der Waals surface area contributed by atoms with Gasteiger partial charge in [-0.3, -0.25) is 0 Å². The Morgan fingerprint density at radius 2 is 2.00 bits per heavy atom. The van der Waals surface area contributed by atoms with E-state index in [4.69, 9.17) is 9.47 Å². The molecular weight excluding hydrogens is 384 g/mol. The van der Waals surface area contributed by atoms with Crippen LogP contribution in [0, 0.1) is 6.92 Å². The molecule has 2 N–H and O–H groups in total. The van der Waals surface area contributed by atoms with Gasteiger partial charge in [-0.1, -0.05) is 6.07 Å². The number of hydrogen-bond acceptors (Lipinski definition) is 6. The molecule has 0 saturated carbocycles. The molecule has 4 aromatic rings. The van der Waals surface area contributed by atoms with E-state index in [0.29, 0.717) is 18.4 Å². The Morgan fingerprint density at radius 1 is 1.07 bits per heavy atom. The monoisotopic (exact) mass is 406 g/mol. The lowest BCUT2D eigenvalue weighted by molar-refractivity contribution is 0.344. The highest BCUT2D eigenvalue weighted by Crippen LogP contribution is 2.26. The first-order valence-corrected chi connectivity index (χ1v) is 10.7. The largest absolute Gasteiger partial charge is 0.493 e. The molecule has 0 aliphatic heterocycles. The fraction of sp³-hybridized carbons (Fsp3) is 0.182. The molecule has 2 aromatic carbocycles. The molecule has 0 saturated heterocycles. The van der Waals surface area contributed by atoms with Crippen molar-refractivity contribution in [2.45, 2.75) is 6.92 Å². The molecule has 148 valence electrons. The highest BCUT2D eigenvalue weighted by atomic mass is 32.2. The summed E-state index contributed by atoms with van der Waals surface area (Å²) in [5, 5.41) is 4.30. The van der Waals surface area contributed by atoms with Crippen molar-refractivity contribution < 1.29 is 9.47 Å². The molecule has 2 heterocycles. The van der Waals surface area contributed by atoms with Crippen LogP contribution in [0.5, 0.6) is 17.4 Å². The molecule has 0 aliphatic rings. The number of aromatic nitrogens is 3. The molecular formula is C22H22N4O2S.